The van der Waals surface area contributed by atoms with Crippen LogP contribution in [0.4, 0.5) is 0 Å². The molecule has 0 fully saturated rings. The first-order valence-corrected chi connectivity index (χ1v) is 10.7. The van der Waals surface area contributed by atoms with Crippen molar-refractivity contribution >= 4 is 11.8 Å². The predicted molar refractivity (Wildman–Crippen MR) is 118 cm³/mol. The van der Waals surface area contributed by atoms with Gasteiger partial charge >= 0.3 is 0 Å². The molecule has 30 heavy (non-hydrogen) atoms. The second-order valence-corrected chi connectivity index (χ2v) is 6.91. The van der Waals surface area contributed by atoms with E-state index in [-0.39, 0.29) is 11.8 Å². The number of para-hydroxylation sites is 2. The van der Waals surface area contributed by atoms with Crippen molar-refractivity contribution < 1.29 is 19.1 Å². The minimum absolute atomic E-state index is 0.223. The van der Waals surface area contributed by atoms with Crippen LogP contribution in [0.3, 0.4) is 0 Å². The summed E-state index contributed by atoms with van der Waals surface area (Å²) in [5, 5.41) is 5.66. The Labute approximate surface area is 179 Å². The van der Waals surface area contributed by atoms with Crippen LogP contribution in [-0.2, 0) is 0 Å². The molecule has 2 N–H and O–H groups in total. The molecule has 0 saturated carbocycles. The smallest absolute Gasteiger partial charge is 0.255 e. The Morgan fingerprint density at radius 1 is 0.700 bits per heavy atom. The fraction of sp³-hybridized carbons (Fsp3) is 0.417. The number of unbranched alkanes of at least 4 members (excludes halogenated alkanes) is 2. The normalized spacial score (nSPS) is 10.3. The van der Waals surface area contributed by atoms with Crippen LogP contribution < -0.4 is 20.1 Å². The molecule has 0 aliphatic rings. The third-order valence-corrected chi connectivity index (χ3v) is 4.47. The topological polar surface area (TPSA) is 76.7 Å². The van der Waals surface area contributed by atoms with Gasteiger partial charge < -0.3 is 20.1 Å². The number of nitrogens with one attached hydrogen (secondary N) is 2. The minimum Gasteiger partial charge on any atom is -0.493 e. The van der Waals surface area contributed by atoms with Gasteiger partial charge in [-0.3, -0.25) is 9.59 Å². The van der Waals surface area contributed by atoms with Crippen molar-refractivity contribution in [3.8, 4) is 11.5 Å². The average Bonchev–Trinajstić information content (AvgIpc) is 2.77. The van der Waals surface area contributed by atoms with E-state index in [1.54, 1.807) is 36.4 Å². The predicted octanol–water partition coefficient (Wildman–Crippen LogP) is 4.20. The number of rotatable bonds is 13. The minimum atomic E-state index is -0.223. The van der Waals surface area contributed by atoms with Crippen LogP contribution in [0.2, 0.25) is 0 Å². The van der Waals surface area contributed by atoms with Crippen molar-refractivity contribution in [2.45, 2.75) is 39.5 Å². The SMILES string of the molecule is CCCCOc1ccccc1C(=O)NCCNC(=O)c1ccccc1OCCCC. The molecule has 0 spiro atoms. The number of hydrogen-bond acceptors (Lipinski definition) is 4. The van der Waals surface area contributed by atoms with Gasteiger partial charge in [0.15, 0.2) is 0 Å². The van der Waals surface area contributed by atoms with E-state index in [1.807, 2.05) is 12.1 Å². The number of benzene rings is 2. The Bertz CT molecular complexity index is 740. The molecule has 2 rings (SSSR count). The Balaban J connectivity index is 1.83. The lowest BCUT2D eigenvalue weighted by Crippen LogP contribution is -2.35. The molecule has 0 radical (unpaired) electrons. The monoisotopic (exact) mass is 412 g/mol. The highest BCUT2D eigenvalue weighted by Gasteiger charge is 2.13. The van der Waals surface area contributed by atoms with E-state index in [9.17, 15) is 9.59 Å². The molecule has 0 saturated heterocycles. The van der Waals surface area contributed by atoms with Gasteiger partial charge in [-0.1, -0.05) is 51.0 Å². The van der Waals surface area contributed by atoms with Crippen molar-refractivity contribution in [2.24, 2.45) is 0 Å². The third kappa shape index (κ3) is 7.43. The number of ether oxygens (including phenoxy) is 2. The van der Waals surface area contributed by atoms with Crippen molar-refractivity contribution in [3.05, 3.63) is 59.7 Å². The molecule has 0 aromatic heterocycles. The molecule has 6 nitrogen and oxygen atoms in total. The van der Waals surface area contributed by atoms with Crippen molar-refractivity contribution in [1.29, 1.82) is 0 Å². The summed E-state index contributed by atoms with van der Waals surface area (Å²) in [4.78, 5) is 25.0. The lowest BCUT2D eigenvalue weighted by atomic mass is 10.2. The number of carbonyl (C=O) groups is 2. The highest BCUT2D eigenvalue weighted by molar-refractivity contribution is 5.97. The van der Waals surface area contributed by atoms with Crippen molar-refractivity contribution in [2.75, 3.05) is 26.3 Å². The van der Waals surface area contributed by atoms with Crippen LogP contribution in [0.25, 0.3) is 0 Å². The van der Waals surface area contributed by atoms with E-state index in [4.69, 9.17) is 9.47 Å². The molecule has 2 aromatic carbocycles. The Kier molecular flexibility index (Phi) is 10.3. The van der Waals surface area contributed by atoms with Gasteiger partial charge in [-0.2, -0.15) is 0 Å². The van der Waals surface area contributed by atoms with Gasteiger partial charge in [0.2, 0.25) is 0 Å². The molecule has 2 aromatic rings. The van der Waals surface area contributed by atoms with Gasteiger partial charge in [0.1, 0.15) is 11.5 Å². The summed E-state index contributed by atoms with van der Waals surface area (Å²) in [5.74, 6) is 0.704. The van der Waals surface area contributed by atoms with Gasteiger partial charge in [-0.15, -0.1) is 0 Å². The number of hydrogen-bond donors (Lipinski definition) is 2. The molecule has 0 heterocycles. The quantitative estimate of drug-likeness (QED) is 0.483. The van der Waals surface area contributed by atoms with E-state index in [0.29, 0.717) is 48.9 Å². The maximum Gasteiger partial charge on any atom is 0.255 e. The summed E-state index contributed by atoms with van der Waals surface area (Å²) in [6, 6.07) is 14.4. The van der Waals surface area contributed by atoms with E-state index < -0.39 is 0 Å². The Morgan fingerprint density at radius 2 is 1.10 bits per heavy atom. The zero-order chi connectivity index (χ0) is 21.6. The van der Waals surface area contributed by atoms with Crippen LogP contribution in [-0.4, -0.2) is 38.1 Å². The molecule has 0 unspecified atom stereocenters. The first-order chi connectivity index (χ1) is 14.7. The standard InChI is InChI=1S/C24H32N2O4/c1-3-5-17-29-21-13-9-7-11-19(21)23(27)25-15-16-26-24(28)20-12-8-10-14-22(20)30-18-6-4-2/h7-14H,3-6,15-18H2,1-2H3,(H,25,27)(H,26,28). The van der Waals surface area contributed by atoms with Crippen molar-refractivity contribution in [3.63, 3.8) is 0 Å². The summed E-state index contributed by atoms with van der Waals surface area (Å²) in [5.41, 5.74) is 0.990. The van der Waals surface area contributed by atoms with Crippen LogP contribution in [0, 0.1) is 0 Å². The van der Waals surface area contributed by atoms with Crippen LogP contribution in [0.15, 0.2) is 48.5 Å². The summed E-state index contributed by atoms with van der Waals surface area (Å²) < 4.78 is 11.4. The molecule has 0 aliphatic heterocycles. The van der Waals surface area contributed by atoms with E-state index in [1.165, 1.54) is 0 Å². The molecule has 0 bridgehead atoms. The first-order valence-electron chi connectivity index (χ1n) is 10.7. The highest BCUT2D eigenvalue weighted by atomic mass is 16.5. The molecule has 0 aliphatic carbocycles. The Hall–Kier alpha value is -3.02. The zero-order valence-corrected chi connectivity index (χ0v) is 17.9. The van der Waals surface area contributed by atoms with E-state index in [0.717, 1.165) is 25.7 Å². The van der Waals surface area contributed by atoms with Gasteiger partial charge in [0.25, 0.3) is 11.8 Å². The second-order valence-electron chi connectivity index (χ2n) is 6.91. The molecular formula is C24H32N2O4. The first kappa shape index (κ1) is 23.3. The van der Waals surface area contributed by atoms with Crippen LogP contribution in [0.5, 0.6) is 11.5 Å². The van der Waals surface area contributed by atoms with Crippen LogP contribution in [0.1, 0.15) is 60.2 Å². The number of amides is 2. The summed E-state index contributed by atoms with van der Waals surface area (Å²) >= 11 is 0. The Morgan fingerprint density at radius 3 is 1.50 bits per heavy atom. The summed E-state index contributed by atoms with van der Waals surface area (Å²) in [6.07, 6.45) is 3.93. The van der Waals surface area contributed by atoms with Crippen LogP contribution >= 0.6 is 0 Å². The lowest BCUT2D eigenvalue weighted by Gasteiger charge is -2.13. The van der Waals surface area contributed by atoms with Gasteiger partial charge in [-0.05, 0) is 37.1 Å². The largest absolute Gasteiger partial charge is 0.493 e. The zero-order valence-electron chi connectivity index (χ0n) is 17.9. The molecular weight excluding hydrogens is 380 g/mol. The average molecular weight is 413 g/mol. The van der Waals surface area contributed by atoms with Gasteiger partial charge in [0, 0.05) is 13.1 Å². The maximum absolute atomic E-state index is 12.5. The fourth-order valence-electron chi connectivity index (χ4n) is 2.76. The molecule has 6 heteroatoms. The van der Waals surface area contributed by atoms with E-state index >= 15 is 0 Å². The third-order valence-electron chi connectivity index (χ3n) is 4.47. The number of carbonyl (C=O) groups excluding carboxylic acids is 2. The maximum atomic E-state index is 12.5. The summed E-state index contributed by atoms with van der Waals surface area (Å²) in [6.45, 7) is 5.96. The molecule has 0 atom stereocenters. The second kappa shape index (κ2) is 13.2. The molecule has 2 amide bonds. The highest BCUT2D eigenvalue weighted by Crippen LogP contribution is 2.19. The molecule has 162 valence electrons. The van der Waals surface area contributed by atoms with Gasteiger partial charge in [-0.25, -0.2) is 0 Å². The summed E-state index contributed by atoms with van der Waals surface area (Å²) in [7, 11) is 0. The van der Waals surface area contributed by atoms with E-state index in [2.05, 4.69) is 24.5 Å². The lowest BCUT2D eigenvalue weighted by molar-refractivity contribution is 0.0923. The van der Waals surface area contributed by atoms with Gasteiger partial charge in [0.05, 0.1) is 24.3 Å². The van der Waals surface area contributed by atoms with Crippen molar-refractivity contribution in [1.82, 2.24) is 10.6 Å². The fourth-order valence-corrected chi connectivity index (χ4v) is 2.76.